The van der Waals surface area contributed by atoms with Crippen LogP contribution in [0.2, 0.25) is 0 Å². The van der Waals surface area contributed by atoms with Gasteiger partial charge >= 0.3 is 6.09 Å². The lowest BCUT2D eigenvalue weighted by Gasteiger charge is -2.58. The van der Waals surface area contributed by atoms with Gasteiger partial charge in [-0.15, -0.1) is 0 Å². The van der Waals surface area contributed by atoms with Crippen molar-refractivity contribution in [1.82, 2.24) is 10.2 Å². The number of unbranched alkanes of at least 4 members (excludes halogenated alkanes) is 1. The van der Waals surface area contributed by atoms with Gasteiger partial charge in [0, 0.05) is 32.6 Å². The number of amides is 1. The van der Waals surface area contributed by atoms with Crippen molar-refractivity contribution in [3.8, 4) is 0 Å². The van der Waals surface area contributed by atoms with E-state index >= 15 is 0 Å². The van der Waals surface area contributed by atoms with Crippen LogP contribution in [0.5, 0.6) is 0 Å². The van der Waals surface area contributed by atoms with Gasteiger partial charge in [0.15, 0.2) is 0 Å². The number of rotatable bonds is 14. The summed E-state index contributed by atoms with van der Waals surface area (Å²) in [7, 11) is 3.90. The van der Waals surface area contributed by atoms with Crippen molar-refractivity contribution in [3.05, 3.63) is 32.1 Å². The first-order valence-electron chi connectivity index (χ1n) is 18.0. The van der Waals surface area contributed by atoms with E-state index in [0.717, 1.165) is 55.4 Å². The molecule has 0 aliphatic heterocycles. The largest absolute Gasteiger partial charge is 0.446 e. The Kier molecular flexibility index (Phi) is 10.7. The summed E-state index contributed by atoms with van der Waals surface area (Å²) in [5.41, 5.74) is 1.93. The van der Waals surface area contributed by atoms with Gasteiger partial charge in [0.1, 0.15) is 17.5 Å². The number of likely N-dealkylation sites (N-methyl/N-ethyl adjacent to an activating group) is 1. The Morgan fingerprint density at radius 3 is 2.40 bits per heavy atom. The fourth-order valence-corrected chi connectivity index (χ4v) is 9.93. The number of fused-ring (bicyclic) bond motifs is 5. The SMILES string of the molecule is CC(C)CCCCC1CCC2C3CC=C4CC(OC(=O)NCCNc5c(NCCN(C)C)c(=O)c5=O)CCC4(C)C3CCC12C. The van der Waals surface area contributed by atoms with E-state index in [1.807, 2.05) is 19.0 Å². The summed E-state index contributed by atoms with van der Waals surface area (Å²) in [4.78, 5) is 38.6. The van der Waals surface area contributed by atoms with Crippen molar-refractivity contribution >= 4 is 17.5 Å². The molecule has 1 aromatic rings. The summed E-state index contributed by atoms with van der Waals surface area (Å²) >= 11 is 0. The molecule has 8 nitrogen and oxygen atoms in total. The minimum absolute atomic E-state index is 0.0922. The van der Waals surface area contributed by atoms with Crippen LogP contribution in [0.3, 0.4) is 0 Å². The van der Waals surface area contributed by atoms with E-state index in [9.17, 15) is 14.4 Å². The zero-order valence-corrected chi connectivity index (χ0v) is 28.9. The van der Waals surface area contributed by atoms with Gasteiger partial charge in [-0.1, -0.05) is 58.6 Å². The highest BCUT2D eigenvalue weighted by atomic mass is 16.6. The second kappa shape index (κ2) is 14.2. The molecule has 8 heteroatoms. The van der Waals surface area contributed by atoms with Crippen molar-refractivity contribution in [2.24, 2.45) is 40.4 Å². The van der Waals surface area contributed by atoms with E-state index in [2.05, 4.69) is 49.7 Å². The maximum Gasteiger partial charge on any atom is 0.407 e. The molecule has 45 heavy (non-hydrogen) atoms. The van der Waals surface area contributed by atoms with Crippen LogP contribution in [0.25, 0.3) is 0 Å². The molecule has 1 aromatic carbocycles. The number of carbonyl (C=O) groups is 1. The average molecular weight is 625 g/mol. The zero-order chi connectivity index (χ0) is 32.4. The molecular formula is C37H60N4O4. The Hall–Kier alpha value is -2.35. The fourth-order valence-electron chi connectivity index (χ4n) is 9.93. The number of hydrogen-bond donors (Lipinski definition) is 3. The van der Waals surface area contributed by atoms with Crippen LogP contribution in [0, 0.1) is 40.4 Å². The second-order valence-corrected chi connectivity index (χ2v) is 16.0. The Labute approximate surface area is 271 Å². The Morgan fingerprint density at radius 2 is 1.69 bits per heavy atom. The van der Waals surface area contributed by atoms with Crippen molar-refractivity contribution in [3.63, 3.8) is 0 Å². The van der Waals surface area contributed by atoms with Crippen LogP contribution in [-0.4, -0.2) is 57.4 Å². The van der Waals surface area contributed by atoms with Gasteiger partial charge in [-0.3, -0.25) is 9.59 Å². The molecule has 0 bridgehead atoms. The predicted molar refractivity (Wildman–Crippen MR) is 184 cm³/mol. The maximum atomic E-state index is 12.7. The molecule has 0 saturated heterocycles. The number of allylic oxidation sites excluding steroid dienone is 1. The van der Waals surface area contributed by atoms with Crippen molar-refractivity contribution in [1.29, 1.82) is 0 Å². The summed E-state index contributed by atoms with van der Waals surface area (Å²) < 4.78 is 5.90. The Balaban J connectivity index is 1.08. The van der Waals surface area contributed by atoms with E-state index in [0.29, 0.717) is 36.4 Å². The molecule has 4 aliphatic rings. The molecule has 0 spiro atoms. The third-order valence-electron chi connectivity index (χ3n) is 12.6. The number of nitrogens with zero attached hydrogens (tertiary/aromatic N) is 1. The molecule has 3 saturated carbocycles. The molecule has 3 fully saturated rings. The molecule has 0 radical (unpaired) electrons. The van der Waals surface area contributed by atoms with Crippen LogP contribution < -0.4 is 26.8 Å². The van der Waals surface area contributed by atoms with Gasteiger partial charge in [0.2, 0.25) is 0 Å². The Bertz CT molecular complexity index is 1280. The Morgan fingerprint density at radius 1 is 0.956 bits per heavy atom. The quantitative estimate of drug-likeness (QED) is 0.123. The van der Waals surface area contributed by atoms with Gasteiger partial charge in [0.05, 0.1) is 0 Å². The van der Waals surface area contributed by atoms with Crippen molar-refractivity contribution in [2.75, 3.05) is 50.9 Å². The van der Waals surface area contributed by atoms with Gasteiger partial charge in [0.25, 0.3) is 10.9 Å². The topological polar surface area (TPSA) is 99.8 Å². The number of carbonyl (C=O) groups excluding carboxylic acids is 1. The average Bonchev–Trinajstić information content (AvgIpc) is 3.33. The first-order chi connectivity index (χ1) is 21.4. The van der Waals surface area contributed by atoms with Gasteiger partial charge < -0.3 is 25.6 Å². The number of hydrogen-bond acceptors (Lipinski definition) is 7. The first kappa shape index (κ1) is 34.0. The highest BCUT2D eigenvalue weighted by Crippen LogP contribution is 2.66. The van der Waals surface area contributed by atoms with Crippen molar-refractivity contribution in [2.45, 2.75) is 111 Å². The van der Waals surface area contributed by atoms with Crippen LogP contribution in [0.4, 0.5) is 16.2 Å². The first-order valence-corrected chi connectivity index (χ1v) is 18.0. The van der Waals surface area contributed by atoms with Crippen LogP contribution in [0.15, 0.2) is 21.2 Å². The second-order valence-electron chi connectivity index (χ2n) is 16.0. The third-order valence-corrected chi connectivity index (χ3v) is 12.6. The van der Waals surface area contributed by atoms with Gasteiger partial charge in [-0.2, -0.15) is 0 Å². The van der Waals surface area contributed by atoms with Crippen molar-refractivity contribution < 1.29 is 9.53 Å². The van der Waals surface area contributed by atoms with E-state index in [4.69, 9.17) is 4.74 Å². The molecular weight excluding hydrogens is 564 g/mol. The van der Waals surface area contributed by atoms with E-state index < -0.39 is 17.0 Å². The molecule has 0 aromatic heterocycles. The molecule has 0 heterocycles. The smallest absolute Gasteiger partial charge is 0.407 e. The van der Waals surface area contributed by atoms with Gasteiger partial charge in [-0.25, -0.2) is 4.79 Å². The summed E-state index contributed by atoms with van der Waals surface area (Å²) in [5, 5.41) is 8.88. The van der Waals surface area contributed by atoms with Crippen LogP contribution >= 0.6 is 0 Å². The van der Waals surface area contributed by atoms with Crippen LogP contribution in [-0.2, 0) is 4.74 Å². The highest BCUT2D eigenvalue weighted by Gasteiger charge is 2.58. The monoisotopic (exact) mass is 624 g/mol. The lowest BCUT2D eigenvalue weighted by molar-refractivity contribution is -0.0519. The number of anilines is 2. The van der Waals surface area contributed by atoms with E-state index in [1.54, 1.807) is 0 Å². The standard InChI is InChI=1S/C37H60N4O4/c1-24(2)9-7-8-10-25-12-14-29-28-13-11-26-23-27(15-17-37(26,4)30(28)16-18-36(25,29)3)45-35(44)40-20-19-38-31-32(34(43)33(31)42)39-21-22-41(5)6/h11,24-25,27-30,38-39H,7-10,12-23H2,1-6H3,(H,40,44). The lowest BCUT2D eigenvalue weighted by atomic mass is 9.47. The molecule has 7 unspecified atom stereocenters. The molecule has 5 rings (SSSR count). The zero-order valence-electron chi connectivity index (χ0n) is 28.9. The fraction of sp³-hybridized carbons (Fsp3) is 0.811. The summed E-state index contributed by atoms with van der Waals surface area (Å²) in [6.45, 7) is 11.8. The summed E-state index contributed by atoms with van der Waals surface area (Å²) in [6, 6.07) is 0. The normalized spacial score (nSPS) is 32.5. The predicted octanol–water partition coefficient (Wildman–Crippen LogP) is 6.56. The lowest BCUT2D eigenvalue weighted by Crippen LogP contribution is -2.50. The minimum Gasteiger partial charge on any atom is -0.446 e. The molecule has 7 atom stereocenters. The molecule has 252 valence electrons. The number of nitrogens with one attached hydrogen (secondary N) is 3. The van der Waals surface area contributed by atoms with E-state index in [-0.39, 0.29) is 11.5 Å². The maximum absolute atomic E-state index is 12.7. The summed E-state index contributed by atoms with van der Waals surface area (Å²) in [5.74, 6) is 4.16. The molecule has 3 N–H and O–H groups in total. The number of ether oxygens (including phenoxy) is 1. The van der Waals surface area contributed by atoms with E-state index in [1.165, 1.54) is 63.4 Å². The third kappa shape index (κ3) is 7.16. The van der Waals surface area contributed by atoms with Crippen LogP contribution in [0.1, 0.15) is 105 Å². The highest BCUT2D eigenvalue weighted by molar-refractivity contribution is 5.74. The minimum atomic E-state index is -0.509. The summed E-state index contributed by atoms with van der Waals surface area (Å²) in [6.07, 6.45) is 17.3. The number of alkyl carbamates (subject to hydrolysis) is 1. The molecule has 1 amide bonds. The van der Waals surface area contributed by atoms with Gasteiger partial charge in [-0.05, 0) is 106 Å². The molecule has 4 aliphatic carbocycles.